The molecule has 0 aliphatic heterocycles. The number of hydrogen-bond acceptors (Lipinski definition) is 5. The van der Waals surface area contributed by atoms with Crippen molar-refractivity contribution in [1.29, 1.82) is 0 Å². The van der Waals surface area contributed by atoms with Crippen molar-refractivity contribution in [2.24, 2.45) is 0 Å². The van der Waals surface area contributed by atoms with Gasteiger partial charge in [-0.15, -0.1) is 0 Å². The first-order valence-corrected chi connectivity index (χ1v) is 10.3. The first-order chi connectivity index (χ1) is 13.6. The largest absolute Gasteiger partial charge is 0.495 e. The van der Waals surface area contributed by atoms with Crippen LogP contribution in [0.1, 0.15) is 18.1 Å². The molecule has 0 aliphatic rings. The Hall–Kier alpha value is -2.91. The van der Waals surface area contributed by atoms with Crippen LogP contribution in [0.15, 0.2) is 41.3 Å². The van der Waals surface area contributed by atoms with Crippen molar-refractivity contribution in [3.05, 3.63) is 47.5 Å². The van der Waals surface area contributed by atoms with E-state index in [-0.39, 0.29) is 23.1 Å². The second-order valence-electron chi connectivity index (χ2n) is 6.62. The summed E-state index contributed by atoms with van der Waals surface area (Å²) in [7, 11) is -1.24. The van der Waals surface area contributed by atoms with E-state index in [1.165, 1.54) is 39.3 Å². The third-order valence-electron chi connectivity index (χ3n) is 4.30. The molecule has 2 amide bonds. The van der Waals surface area contributed by atoms with Crippen LogP contribution in [-0.2, 0) is 19.6 Å². The maximum absolute atomic E-state index is 12.9. The molecule has 2 aromatic carbocycles. The van der Waals surface area contributed by atoms with E-state index in [1.807, 2.05) is 32.0 Å². The lowest BCUT2D eigenvalue weighted by atomic mass is 10.1. The lowest BCUT2D eigenvalue weighted by Crippen LogP contribution is -2.35. The summed E-state index contributed by atoms with van der Waals surface area (Å²) in [5.74, 6) is -0.552. The summed E-state index contributed by atoms with van der Waals surface area (Å²) in [6.45, 7) is 4.72. The first-order valence-electron chi connectivity index (χ1n) is 8.84. The highest BCUT2D eigenvalue weighted by Gasteiger charge is 2.24. The van der Waals surface area contributed by atoms with Crippen LogP contribution in [0.25, 0.3) is 0 Å². The molecule has 0 aliphatic carbocycles. The average molecular weight is 420 g/mol. The standard InChI is InChI=1S/C20H25N3O5S/c1-13-7-6-8-14(2)20(13)22-19(25)12-23(4)29(26,27)16-9-10-17(21-15(3)24)18(11-16)28-5/h6-11H,12H2,1-5H3,(H,21,24)(H,22,25). The van der Waals surface area contributed by atoms with E-state index in [2.05, 4.69) is 10.6 Å². The lowest BCUT2D eigenvalue weighted by molar-refractivity contribution is -0.116. The highest BCUT2D eigenvalue weighted by atomic mass is 32.2. The van der Waals surface area contributed by atoms with Crippen LogP contribution in [0.2, 0.25) is 0 Å². The zero-order valence-electron chi connectivity index (χ0n) is 17.1. The van der Waals surface area contributed by atoms with Gasteiger partial charge in [0.05, 0.1) is 24.2 Å². The molecule has 2 rings (SSSR count). The smallest absolute Gasteiger partial charge is 0.243 e. The number of likely N-dealkylation sites (N-methyl/N-ethyl adjacent to an activating group) is 1. The van der Waals surface area contributed by atoms with Gasteiger partial charge in [-0.25, -0.2) is 8.42 Å². The van der Waals surface area contributed by atoms with E-state index >= 15 is 0 Å². The third-order valence-corrected chi connectivity index (χ3v) is 6.10. The van der Waals surface area contributed by atoms with Gasteiger partial charge >= 0.3 is 0 Å². The van der Waals surface area contributed by atoms with Crippen molar-refractivity contribution >= 4 is 33.2 Å². The van der Waals surface area contributed by atoms with Crippen molar-refractivity contribution < 1.29 is 22.7 Å². The number of carbonyl (C=O) groups excluding carboxylic acids is 2. The number of hydrogen-bond donors (Lipinski definition) is 2. The van der Waals surface area contributed by atoms with Gasteiger partial charge in [-0.2, -0.15) is 4.31 Å². The molecular weight excluding hydrogens is 394 g/mol. The van der Waals surface area contributed by atoms with E-state index < -0.39 is 15.9 Å². The molecule has 0 saturated carbocycles. The summed E-state index contributed by atoms with van der Waals surface area (Å²) in [6.07, 6.45) is 0. The van der Waals surface area contributed by atoms with Crippen LogP contribution < -0.4 is 15.4 Å². The van der Waals surface area contributed by atoms with Crippen LogP contribution in [0, 0.1) is 13.8 Å². The summed E-state index contributed by atoms with van der Waals surface area (Å²) in [6, 6.07) is 9.72. The van der Waals surface area contributed by atoms with Gasteiger partial charge in [-0.1, -0.05) is 18.2 Å². The van der Waals surface area contributed by atoms with Gasteiger partial charge in [-0.3, -0.25) is 9.59 Å². The Bertz CT molecular complexity index is 1010. The van der Waals surface area contributed by atoms with E-state index in [9.17, 15) is 18.0 Å². The first kappa shape index (κ1) is 22.4. The van der Waals surface area contributed by atoms with Crippen molar-refractivity contribution in [3.63, 3.8) is 0 Å². The highest BCUT2D eigenvalue weighted by Crippen LogP contribution is 2.29. The second kappa shape index (κ2) is 9.06. The molecule has 0 saturated heterocycles. The quantitative estimate of drug-likeness (QED) is 0.718. The van der Waals surface area contributed by atoms with Gasteiger partial charge in [0.1, 0.15) is 5.75 Å². The molecular formula is C20H25N3O5S. The molecule has 2 aromatic rings. The molecule has 0 bridgehead atoms. The Kier molecular flexibility index (Phi) is 6.99. The number of para-hydroxylation sites is 1. The number of carbonyl (C=O) groups is 2. The Balaban J connectivity index is 2.20. The van der Waals surface area contributed by atoms with E-state index in [0.29, 0.717) is 11.4 Å². The fourth-order valence-corrected chi connectivity index (χ4v) is 3.93. The number of nitrogens with zero attached hydrogens (tertiary/aromatic N) is 1. The normalized spacial score (nSPS) is 11.2. The maximum atomic E-state index is 12.9. The monoisotopic (exact) mass is 419 g/mol. The minimum absolute atomic E-state index is 0.0502. The van der Waals surface area contributed by atoms with Crippen LogP contribution in [-0.4, -0.2) is 45.2 Å². The highest BCUT2D eigenvalue weighted by molar-refractivity contribution is 7.89. The van der Waals surface area contributed by atoms with Crippen LogP contribution >= 0.6 is 0 Å². The molecule has 0 aromatic heterocycles. The van der Waals surface area contributed by atoms with Crippen molar-refractivity contribution in [1.82, 2.24) is 4.31 Å². The predicted octanol–water partition coefficient (Wildman–Crippen LogP) is 2.53. The number of methoxy groups -OCH3 is 1. The van der Waals surface area contributed by atoms with Gasteiger partial charge in [0.15, 0.2) is 0 Å². The van der Waals surface area contributed by atoms with Gasteiger partial charge in [-0.05, 0) is 37.1 Å². The summed E-state index contributed by atoms with van der Waals surface area (Å²) in [5, 5.41) is 5.33. The predicted molar refractivity (Wildman–Crippen MR) is 112 cm³/mol. The van der Waals surface area contributed by atoms with Gasteiger partial charge in [0.25, 0.3) is 0 Å². The van der Waals surface area contributed by atoms with Crippen LogP contribution in [0.3, 0.4) is 0 Å². The Morgan fingerprint density at radius 2 is 1.69 bits per heavy atom. The summed E-state index contributed by atoms with van der Waals surface area (Å²) in [4.78, 5) is 23.6. The zero-order chi connectivity index (χ0) is 21.8. The molecule has 0 unspecified atom stereocenters. The number of ether oxygens (including phenoxy) is 1. The number of rotatable bonds is 7. The fourth-order valence-electron chi connectivity index (χ4n) is 2.78. The summed E-state index contributed by atoms with van der Waals surface area (Å²) in [5.41, 5.74) is 2.81. The van der Waals surface area contributed by atoms with Gasteiger partial charge in [0.2, 0.25) is 21.8 Å². The maximum Gasteiger partial charge on any atom is 0.243 e. The molecule has 0 radical (unpaired) electrons. The SMILES string of the molecule is COc1cc(S(=O)(=O)N(C)CC(=O)Nc2c(C)cccc2C)ccc1NC(C)=O. The lowest BCUT2D eigenvalue weighted by Gasteiger charge is -2.19. The van der Waals surface area contributed by atoms with Gasteiger partial charge in [0, 0.05) is 25.7 Å². The molecule has 0 heterocycles. The molecule has 29 heavy (non-hydrogen) atoms. The molecule has 156 valence electrons. The Morgan fingerprint density at radius 3 is 2.24 bits per heavy atom. The van der Waals surface area contributed by atoms with Crippen LogP contribution in [0.4, 0.5) is 11.4 Å². The minimum Gasteiger partial charge on any atom is -0.495 e. The zero-order valence-corrected chi connectivity index (χ0v) is 17.9. The summed E-state index contributed by atoms with van der Waals surface area (Å²) >= 11 is 0. The van der Waals surface area contributed by atoms with E-state index in [0.717, 1.165) is 15.4 Å². The van der Waals surface area contributed by atoms with E-state index in [4.69, 9.17) is 4.74 Å². The molecule has 8 nitrogen and oxygen atoms in total. The average Bonchev–Trinajstić information content (AvgIpc) is 2.64. The number of sulfonamides is 1. The molecule has 0 fully saturated rings. The Labute approximate surface area is 170 Å². The van der Waals surface area contributed by atoms with Crippen molar-refractivity contribution in [2.45, 2.75) is 25.7 Å². The molecule has 0 spiro atoms. The Morgan fingerprint density at radius 1 is 1.07 bits per heavy atom. The van der Waals surface area contributed by atoms with Crippen molar-refractivity contribution in [2.75, 3.05) is 31.3 Å². The molecule has 2 N–H and O–H groups in total. The fraction of sp³-hybridized carbons (Fsp3) is 0.300. The number of nitrogens with one attached hydrogen (secondary N) is 2. The number of aryl methyl sites for hydroxylation is 2. The number of anilines is 2. The molecule has 0 atom stereocenters. The molecule has 9 heteroatoms. The van der Waals surface area contributed by atoms with Crippen molar-refractivity contribution in [3.8, 4) is 5.75 Å². The third kappa shape index (κ3) is 5.33. The topological polar surface area (TPSA) is 105 Å². The van der Waals surface area contributed by atoms with Gasteiger partial charge < -0.3 is 15.4 Å². The minimum atomic E-state index is -3.94. The summed E-state index contributed by atoms with van der Waals surface area (Å²) < 4.78 is 31.8. The number of amides is 2. The van der Waals surface area contributed by atoms with Crippen LogP contribution in [0.5, 0.6) is 5.75 Å². The van der Waals surface area contributed by atoms with E-state index in [1.54, 1.807) is 0 Å². The number of benzene rings is 2. The second-order valence-corrected chi connectivity index (χ2v) is 8.66.